The number of likely N-dealkylation sites (tertiary alicyclic amines) is 1. The number of nitrogens with one attached hydrogen (secondary N) is 2. The van der Waals surface area contributed by atoms with E-state index in [4.69, 9.17) is 0 Å². The molecule has 2 unspecified atom stereocenters. The van der Waals surface area contributed by atoms with Crippen molar-refractivity contribution in [3.05, 3.63) is 0 Å². The van der Waals surface area contributed by atoms with Crippen LogP contribution in [0.15, 0.2) is 4.99 Å². The number of unbranched alkanes of at least 4 members (excludes halogenated alkanes) is 2. The van der Waals surface area contributed by atoms with Crippen LogP contribution >= 0.6 is 0 Å². The summed E-state index contributed by atoms with van der Waals surface area (Å²) in [4.78, 5) is 5.86. The van der Waals surface area contributed by atoms with E-state index in [1.807, 2.05) is 6.92 Å². The number of hydrogen-bond donors (Lipinski definition) is 2. The zero-order valence-corrected chi connectivity index (χ0v) is 14.5. The van der Waals surface area contributed by atoms with Gasteiger partial charge < -0.3 is 10.6 Å². The van der Waals surface area contributed by atoms with E-state index in [0.717, 1.165) is 12.4 Å². The molecule has 1 aliphatic rings. The van der Waals surface area contributed by atoms with Crippen LogP contribution in [-0.4, -0.2) is 55.3 Å². The van der Waals surface area contributed by atoms with Gasteiger partial charge in [-0.1, -0.05) is 26.2 Å². The van der Waals surface area contributed by atoms with Gasteiger partial charge in [-0.3, -0.25) is 9.89 Å². The van der Waals surface area contributed by atoms with E-state index >= 15 is 0 Å². The van der Waals surface area contributed by atoms with E-state index in [1.165, 1.54) is 24.2 Å². The third-order valence-electron chi connectivity index (χ3n) is 3.96. The van der Waals surface area contributed by atoms with Gasteiger partial charge in [0, 0.05) is 31.7 Å². The average Bonchev–Trinajstić information content (AvgIpc) is 2.84. The maximum atomic E-state index is 12.4. The molecular formula is C16H31F3N4. The second-order valence-corrected chi connectivity index (χ2v) is 6.34. The predicted octanol–water partition coefficient (Wildman–Crippen LogP) is 3.15. The minimum absolute atomic E-state index is 0.0259. The maximum absolute atomic E-state index is 12.4. The van der Waals surface area contributed by atoms with Gasteiger partial charge in [0.1, 0.15) is 0 Å². The van der Waals surface area contributed by atoms with E-state index in [1.54, 1.807) is 0 Å². The van der Waals surface area contributed by atoms with Gasteiger partial charge in [-0.15, -0.1) is 0 Å². The molecule has 136 valence electrons. The molecule has 0 bridgehead atoms. The number of alkyl halides is 3. The van der Waals surface area contributed by atoms with Crippen LogP contribution in [0.1, 0.15) is 52.9 Å². The lowest BCUT2D eigenvalue weighted by molar-refractivity contribution is -0.143. The molecule has 1 heterocycles. The lowest BCUT2D eigenvalue weighted by Crippen LogP contribution is -2.48. The summed E-state index contributed by atoms with van der Waals surface area (Å²) in [5.74, 6) is 0.718. The standard InChI is InChI=1S/C16H31F3N4/c1-4-6-7-8-13(3)21-15(20-5-2)22-14-9-10-23(11-14)12-16(17,18)19/h13-14H,4-12H2,1-3H3,(H2,20,21,22). The summed E-state index contributed by atoms with van der Waals surface area (Å²) in [7, 11) is 0. The van der Waals surface area contributed by atoms with Gasteiger partial charge in [0.2, 0.25) is 0 Å². The highest BCUT2D eigenvalue weighted by Gasteiger charge is 2.34. The van der Waals surface area contributed by atoms with Crippen LogP contribution in [0.25, 0.3) is 0 Å². The van der Waals surface area contributed by atoms with Gasteiger partial charge in [-0.05, 0) is 26.7 Å². The maximum Gasteiger partial charge on any atom is 0.401 e. The molecule has 2 N–H and O–H groups in total. The quantitative estimate of drug-likeness (QED) is 0.406. The minimum Gasteiger partial charge on any atom is -0.354 e. The van der Waals surface area contributed by atoms with Crippen molar-refractivity contribution in [1.82, 2.24) is 15.5 Å². The summed E-state index contributed by atoms with van der Waals surface area (Å²) in [6.45, 7) is 6.96. The molecule has 0 radical (unpaired) electrons. The van der Waals surface area contributed by atoms with Crippen molar-refractivity contribution in [2.24, 2.45) is 4.99 Å². The highest BCUT2D eigenvalue weighted by atomic mass is 19.4. The van der Waals surface area contributed by atoms with Crippen molar-refractivity contribution in [3.63, 3.8) is 0 Å². The van der Waals surface area contributed by atoms with Crippen molar-refractivity contribution in [1.29, 1.82) is 0 Å². The first-order valence-electron chi connectivity index (χ1n) is 8.70. The number of aliphatic imine (C=N–C) groups is 1. The smallest absolute Gasteiger partial charge is 0.354 e. The van der Waals surface area contributed by atoms with Gasteiger partial charge in [-0.25, -0.2) is 0 Å². The molecule has 1 fully saturated rings. The fourth-order valence-electron chi connectivity index (χ4n) is 2.84. The SMILES string of the molecule is CCCCCC(C)NC(=NCC)NC1CCN(CC(F)(F)F)C1. The van der Waals surface area contributed by atoms with Gasteiger partial charge in [0.25, 0.3) is 0 Å². The van der Waals surface area contributed by atoms with Crippen LogP contribution in [0.4, 0.5) is 13.2 Å². The second kappa shape index (κ2) is 10.0. The molecule has 2 atom stereocenters. The number of guanidine groups is 1. The van der Waals surface area contributed by atoms with Gasteiger partial charge in [0.05, 0.1) is 6.54 Å². The molecule has 0 amide bonds. The Morgan fingerprint density at radius 3 is 2.65 bits per heavy atom. The summed E-state index contributed by atoms with van der Waals surface area (Å²) in [6, 6.07) is 0.338. The van der Waals surface area contributed by atoms with E-state index in [9.17, 15) is 13.2 Å². The van der Waals surface area contributed by atoms with Crippen molar-refractivity contribution >= 4 is 5.96 Å². The largest absolute Gasteiger partial charge is 0.401 e. The molecule has 1 saturated heterocycles. The normalized spacial score (nSPS) is 21.5. The van der Waals surface area contributed by atoms with Gasteiger partial charge >= 0.3 is 6.18 Å². The summed E-state index contributed by atoms with van der Waals surface area (Å²) in [6.07, 6.45) is 1.24. The predicted molar refractivity (Wildman–Crippen MR) is 88.8 cm³/mol. The lowest BCUT2D eigenvalue weighted by atomic mass is 10.1. The third kappa shape index (κ3) is 9.03. The van der Waals surface area contributed by atoms with Crippen molar-refractivity contribution in [2.75, 3.05) is 26.2 Å². The number of nitrogens with zero attached hydrogens (tertiary/aromatic N) is 2. The first-order chi connectivity index (χ1) is 10.8. The van der Waals surface area contributed by atoms with Crippen molar-refractivity contribution in [2.45, 2.75) is 71.1 Å². The molecule has 0 spiro atoms. The topological polar surface area (TPSA) is 39.7 Å². The van der Waals surface area contributed by atoms with E-state index in [-0.39, 0.29) is 6.04 Å². The van der Waals surface area contributed by atoms with Crippen LogP contribution in [0.5, 0.6) is 0 Å². The minimum atomic E-state index is -4.12. The Kier molecular flexibility index (Phi) is 8.73. The molecule has 4 nitrogen and oxygen atoms in total. The molecule has 0 aliphatic carbocycles. The van der Waals surface area contributed by atoms with Crippen LogP contribution < -0.4 is 10.6 Å². The van der Waals surface area contributed by atoms with E-state index in [0.29, 0.717) is 32.1 Å². The Balaban J connectivity index is 2.40. The fourth-order valence-corrected chi connectivity index (χ4v) is 2.84. The highest BCUT2D eigenvalue weighted by molar-refractivity contribution is 5.80. The third-order valence-corrected chi connectivity index (χ3v) is 3.96. The van der Waals surface area contributed by atoms with Crippen molar-refractivity contribution < 1.29 is 13.2 Å². The molecule has 23 heavy (non-hydrogen) atoms. The van der Waals surface area contributed by atoms with Crippen LogP contribution in [-0.2, 0) is 0 Å². The molecule has 1 rings (SSSR count). The van der Waals surface area contributed by atoms with E-state index in [2.05, 4.69) is 29.5 Å². The van der Waals surface area contributed by atoms with Crippen LogP contribution in [0, 0.1) is 0 Å². The summed E-state index contributed by atoms with van der Waals surface area (Å²) in [5.41, 5.74) is 0. The summed E-state index contributed by atoms with van der Waals surface area (Å²) < 4.78 is 37.3. The first-order valence-corrected chi connectivity index (χ1v) is 8.70. The Labute approximate surface area is 137 Å². The fraction of sp³-hybridized carbons (Fsp3) is 0.938. The summed E-state index contributed by atoms with van der Waals surface area (Å²) >= 11 is 0. The first kappa shape index (κ1) is 20.1. The zero-order chi connectivity index (χ0) is 17.3. The molecule has 1 aliphatic heterocycles. The van der Waals surface area contributed by atoms with Crippen LogP contribution in [0.2, 0.25) is 0 Å². The average molecular weight is 336 g/mol. The molecule has 7 heteroatoms. The van der Waals surface area contributed by atoms with E-state index < -0.39 is 12.7 Å². The number of rotatable bonds is 8. The lowest BCUT2D eigenvalue weighted by Gasteiger charge is -2.22. The molecule has 0 aromatic heterocycles. The molecular weight excluding hydrogens is 305 g/mol. The monoisotopic (exact) mass is 336 g/mol. The van der Waals surface area contributed by atoms with Gasteiger partial charge in [-0.2, -0.15) is 13.2 Å². The molecule has 0 aromatic rings. The Hall–Kier alpha value is -0.980. The number of hydrogen-bond acceptors (Lipinski definition) is 2. The summed E-state index contributed by atoms with van der Waals surface area (Å²) in [5, 5.41) is 6.65. The Morgan fingerprint density at radius 2 is 2.04 bits per heavy atom. The Bertz CT molecular complexity index is 358. The zero-order valence-electron chi connectivity index (χ0n) is 14.5. The van der Waals surface area contributed by atoms with Gasteiger partial charge in [0.15, 0.2) is 5.96 Å². The molecule has 0 aromatic carbocycles. The second-order valence-electron chi connectivity index (χ2n) is 6.34. The number of halogens is 3. The highest BCUT2D eigenvalue weighted by Crippen LogP contribution is 2.19. The van der Waals surface area contributed by atoms with Crippen molar-refractivity contribution in [3.8, 4) is 0 Å². The van der Waals surface area contributed by atoms with Crippen LogP contribution in [0.3, 0.4) is 0 Å². The Morgan fingerprint density at radius 1 is 1.30 bits per heavy atom. The molecule has 0 saturated carbocycles.